The van der Waals surface area contributed by atoms with Crippen molar-refractivity contribution in [2.75, 3.05) is 6.54 Å². The van der Waals surface area contributed by atoms with Crippen LogP contribution in [0.1, 0.15) is 39.9 Å². The normalized spacial score (nSPS) is 12.5. The van der Waals surface area contributed by atoms with Gasteiger partial charge in [-0.2, -0.15) is 0 Å². The largest absolute Gasteiger partial charge is 0.349 e. The second kappa shape index (κ2) is 5.80. The zero-order valence-electron chi connectivity index (χ0n) is 12.6. The maximum Gasteiger partial charge on any atom is 0.289 e. The topological polar surface area (TPSA) is 85.1 Å². The molecule has 3 heterocycles. The van der Waals surface area contributed by atoms with Crippen molar-refractivity contribution in [3.63, 3.8) is 0 Å². The van der Waals surface area contributed by atoms with Crippen molar-refractivity contribution in [1.82, 2.24) is 29.9 Å². The molecule has 0 aliphatic rings. The number of amides is 1. The van der Waals surface area contributed by atoms with Crippen LogP contribution in [0.5, 0.6) is 0 Å². The number of nitrogens with zero attached hydrogens (tertiary/aromatic N) is 5. The average molecular weight is 316 g/mol. The van der Waals surface area contributed by atoms with Gasteiger partial charge in [0.05, 0.1) is 5.01 Å². The Balaban J connectivity index is 1.71. The van der Waals surface area contributed by atoms with E-state index < -0.39 is 0 Å². The number of carbonyl (C=O) groups excluding carboxylic acids is 1. The molecule has 1 N–H and O–H groups in total. The van der Waals surface area contributed by atoms with Crippen molar-refractivity contribution in [3.8, 4) is 0 Å². The highest BCUT2D eigenvalue weighted by Gasteiger charge is 2.17. The van der Waals surface area contributed by atoms with Crippen molar-refractivity contribution in [3.05, 3.63) is 39.9 Å². The fraction of sp³-hybridized carbons (Fsp3) is 0.357. The second-order valence-electron chi connectivity index (χ2n) is 5.20. The first-order chi connectivity index (χ1) is 10.5. The first-order valence-electron chi connectivity index (χ1n) is 6.93. The summed E-state index contributed by atoms with van der Waals surface area (Å²) in [7, 11) is 0. The summed E-state index contributed by atoms with van der Waals surface area (Å²) in [6.07, 6.45) is 1.75. The van der Waals surface area contributed by atoms with Gasteiger partial charge in [0.2, 0.25) is 5.82 Å². The summed E-state index contributed by atoms with van der Waals surface area (Å²) in [5, 5.41) is 13.7. The Kier molecular flexibility index (Phi) is 3.84. The van der Waals surface area contributed by atoms with Crippen LogP contribution in [-0.4, -0.2) is 37.0 Å². The molecule has 0 aromatic carbocycles. The second-order valence-corrected chi connectivity index (χ2v) is 6.09. The molecule has 0 saturated carbocycles. The van der Waals surface area contributed by atoms with Gasteiger partial charge in [-0.15, -0.1) is 21.5 Å². The summed E-state index contributed by atoms with van der Waals surface area (Å²) in [5.74, 6) is 0.555. The zero-order valence-corrected chi connectivity index (χ0v) is 13.4. The average Bonchev–Trinajstić information content (AvgIpc) is 3.10. The van der Waals surface area contributed by atoms with Gasteiger partial charge in [-0.3, -0.25) is 9.20 Å². The van der Waals surface area contributed by atoms with E-state index in [2.05, 4.69) is 25.5 Å². The Morgan fingerprint density at radius 2 is 2.14 bits per heavy atom. The smallest absolute Gasteiger partial charge is 0.289 e. The molecule has 0 spiro atoms. The molecular weight excluding hydrogens is 300 g/mol. The summed E-state index contributed by atoms with van der Waals surface area (Å²) < 4.78 is 1.58. The fourth-order valence-electron chi connectivity index (χ4n) is 2.04. The number of nitrogens with one attached hydrogen (secondary N) is 1. The van der Waals surface area contributed by atoms with Crippen molar-refractivity contribution in [1.29, 1.82) is 0 Å². The Hall–Kier alpha value is -2.35. The number of rotatable bonds is 4. The van der Waals surface area contributed by atoms with Gasteiger partial charge in [0, 0.05) is 35.4 Å². The van der Waals surface area contributed by atoms with Crippen LogP contribution in [0.15, 0.2) is 17.6 Å². The molecule has 0 bridgehead atoms. The molecule has 0 aliphatic carbocycles. The lowest BCUT2D eigenvalue weighted by Crippen LogP contribution is -2.29. The zero-order chi connectivity index (χ0) is 15.7. The lowest BCUT2D eigenvalue weighted by atomic mass is 10.2. The lowest BCUT2D eigenvalue weighted by Gasteiger charge is -2.09. The molecule has 3 aromatic heterocycles. The lowest BCUT2D eigenvalue weighted by molar-refractivity contribution is 0.0940. The number of hydrogen-bond donors (Lipinski definition) is 1. The van der Waals surface area contributed by atoms with Gasteiger partial charge in [-0.05, 0) is 19.9 Å². The van der Waals surface area contributed by atoms with Crippen LogP contribution in [0.3, 0.4) is 0 Å². The highest BCUT2D eigenvalue weighted by atomic mass is 32.1. The van der Waals surface area contributed by atoms with Gasteiger partial charge in [0.1, 0.15) is 0 Å². The molecule has 7 nitrogen and oxygen atoms in total. The minimum absolute atomic E-state index is 0.155. The van der Waals surface area contributed by atoms with Gasteiger partial charge in [-0.1, -0.05) is 6.92 Å². The van der Waals surface area contributed by atoms with E-state index in [0.717, 1.165) is 16.4 Å². The fourth-order valence-corrected chi connectivity index (χ4v) is 2.90. The number of hydrogen-bond acceptors (Lipinski definition) is 6. The van der Waals surface area contributed by atoms with Crippen LogP contribution in [0.4, 0.5) is 0 Å². The molecular formula is C14H16N6OS. The molecule has 1 unspecified atom stereocenters. The molecule has 1 atom stereocenters. The minimum atomic E-state index is -0.265. The molecule has 114 valence electrons. The summed E-state index contributed by atoms with van der Waals surface area (Å²) in [6, 6.07) is 1.81. The van der Waals surface area contributed by atoms with Crippen LogP contribution in [0.25, 0.3) is 5.78 Å². The molecule has 0 saturated heterocycles. The molecule has 22 heavy (non-hydrogen) atoms. The third kappa shape index (κ3) is 2.82. The summed E-state index contributed by atoms with van der Waals surface area (Å²) in [5.41, 5.74) is 1.84. The Bertz CT molecular complexity index is 824. The molecule has 0 radical (unpaired) electrons. The maximum absolute atomic E-state index is 12.3. The molecule has 0 fully saturated rings. The molecule has 3 aromatic rings. The first kappa shape index (κ1) is 14.6. The Morgan fingerprint density at radius 3 is 2.86 bits per heavy atom. The first-order valence-corrected chi connectivity index (χ1v) is 7.81. The maximum atomic E-state index is 12.3. The van der Waals surface area contributed by atoms with Crippen LogP contribution in [0, 0.1) is 13.8 Å². The van der Waals surface area contributed by atoms with Crippen LogP contribution >= 0.6 is 11.3 Å². The molecule has 8 heteroatoms. The predicted molar refractivity (Wildman–Crippen MR) is 83.1 cm³/mol. The van der Waals surface area contributed by atoms with Crippen molar-refractivity contribution < 1.29 is 4.79 Å². The van der Waals surface area contributed by atoms with E-state index in [4.69, 9.17) is 0 Å². The van der Waals surface area contributed by atoms with E-state index in [1.165, 1.54) is 0 Å². The third-order valence-electron chi connectivity index (χ3n) is 3.25. The van der Waals surface area contributed by atoms with Crippen molar-refractivity contribution >= 4 is 23.0 Å². The number of thiazole rings is 1. The monoisotopic (exact) mass is 316 g/mol. The van der Waals surface area contributed by atoms with Gasteiger partial charge in [-0.25, -0.2) is 9.97 Å². The quantitative estimate of drug-likeness (QED) is 0.792. The summed E-state index contributed by atoms with van der Waals surface area (Å²) in [4.78, 5) is 20.9. The van der Waals surface area contributed by atoms with E-state index in [1.807, 2.05) is 32.2 Å². The van der Waals surface area contributed by atoms with E-state index >= 15 is 0 Å². The van der Waals surface area contributed by atoms with Gasteiger partial charge < -0.3 is 5.32 Å². The summed E-state index contributed by atoms with van der Waals surface area (Å²) >= 11 is 1.61. The molecule has 1 amide bonds. The van der Waals surface area contributed by atoms with Crippen LogP contribution in [0.2, 0.25) is 0 Å². The standard InChI is InChI=1S/C14H16N6OS/c1-8(13-16-10(3)7-22-13)6-15-12(21)11-18-19-14-17-9(2)4-5-20(11)14/h4-5,7-8H,6H2,1-3H3,(H,15,21). The van der Waals surface area contributed by atoms with Gasteiger partial charge in [0.25, 0.3) is 11.7 Å². The number of aryl methyl sites for hydroxylation is 2. The number of fused-ring (bicyclic) bond motifs is 1. The van der Waals surface area contributed by atoms with Crippen LogP contribution in [-0.2, 0) is 0 Å². The molecule has 3 rings (SSSR count). The molecule has 0 aliphatic heterocycles. The van der Waals surface area contributed by atoms with Gasteiger partial charge >= 0.3 is 0 Å². The minimum Gasteiger partial charge on any atom is -0.349 e. The van der Waals surface area contributed by atoms with E-state index in [-0.39, 0.29) is 17.6 Å². The number of aromatic nitrogens is 5. The van der Waals surface area contributed by atoms with E-state index in [0.29, 0.717) is 12.3 Å². The highest BCUT2D eigenvalue weighted by molar-refractivity contribution is 7.09. The van der Waals surface area contributed by atoms with Gasteiger partial charge in [0.15, 0.2) is 0 Å². The van der Waals surface area contributed by atoms with Crippen LogP contribution < -0.4 is 5.32 Å². The van der Waals surface area contributed by atoms with E-state index in [9.17, 15) is 4.79 Å². The summed E-state index contributed by atoms with van der Waals surface area (Å²) in [6.45, 7) is 6.36. The highest BCUT2D eigenvalue weighted by Crippen LogP contribution is 2.18. The Morgan fingerprint density at radius 1 is 1.32 bits per heavy atom. The SMILES string of the molecule is Cc1csc(C(C)CNC(=O)c2nnc3nc(C)ccn23)n1. The van der Waals surface area contributed by atoms with Crippen molar-refractivity contribution in [2.24, 2.45) is 0 Å². The number of carbonyl (C=O) groups is 1. The third-order valence-corrected chi connectivity index (χ3v) is 4.44. The van der Waals surface area contributed by atoms with Crippen molar-refractivity contribution in [2.45, 2.75) is 26.7 Å². The predicted octanol–water partition coefficient (Wildman–Crippen LogP) is 1.73. The van der Waals surface area contributed by atoms with E-state index in [1.54, 1.807) is 21.9 Å². The Labute approximate surface area is 131 Å².